The van der Waals surface area contributed by atoms with Gasteiger partial charge in [-0.15, -0.1) is 0 Å². The summed E-state index contributed by atoms with van der Waals surface area (Å²) in [5.74, 6) is 0.555. The number of unbranched alkanes of at least 4 members (excludes halogenated alkanes) is 1. The maximum Gasteiger partial charge on any atom is 0.225 e. The Balaban J connectivity index is 1.89. The van der Waals surface area contributed by atoms with E-state index < -0.39 is 0 Å². The summed E-state index contributed by atoms with van der Waals surface area (Å²) in [6.07, 6.45) is 4.28. The molecule has 2 rings (SSSR count). The molecule has 1 amide bonds. The lowest BCUT2D eigenvalue weighted by molar-refractivity contribution is -0.136. The number of rotatable bonds is 6. The summed E-state index contributed by atoms with van der Waals surface area (Å²) < 4.78 is 0. The lowest BCUT2D eigenvalue weighted by Crippen LogP contribution is -2.50. The van der Waals surface area contributed by atoms with Crippen molar-refractivity contribution >= 4 is 23.2 Å². The van der Waals surface area contributed by atoms with Gasteiger partial charge < -0.3 is 9.80 Å². The molecule has 0 spiro atoms. The number of carbonyl (C=O) groups excluding carboxylic acids is 1. The minimum atomic E-state index is 0.206. The van der Waals surface area contributed by atoms with E-state index in [0.29, 0.717) is 5.91 Å². The minimum absolute atomic E-state index is 0.206. The number of nitrogens with zero attached hydrogens (tertiary/aromatic N) is 2. The first-order valence-corrected chi connectivity index (χ1v) is 8.82. The highest BCUT2D eigenvalue weighted by atomic mass is 35.5. The number of carbonyl (C=O) groups is 1. The average Bonchev–Trinajstić information content (AvgIpc) is 2.55. The zero-order valence-corrected chi connectivity index (χ0v) is 14.5. The van der Waals surface area contributed by atoms with E-state index in [1.807, 2.05) is 23.1 Å². The van der Waals surface area contributed by atoms with Crippen molar-refractivity contribution in [3.8, 4) is 0 Å². The number of hydrogen-bond acceptors (Lipinski definition) is 2. The maximum absolute atomic E-state index is 12.6. The van der Waals surface area contributed by atoms with Crippen LogP contribution in [-0.2, 0) is 4.79 Å². The van der Waals surface area contributed by atoms with Gasteiger partial charge in [0.2, 0.25) is 5.91 Å². The predicted octanol–water partition coefficient (Wildman–Crippen LogP) is 4.21. The van der Waals surface area contributed by atoms with Crippen LogP contribution in [0, 0.1) is 5.92 Å². The summed E-state index contributed by atoms with van der Waals surface area (Å²) in [5, 5.41) is 0.765. The van der Waals surface area contributed by atoms with E-state index in [-0.39, 0.29) is 5.92 Å². The lowest BCUT2D eigenvalue weighted by Gasteiger charge is -2.37. The molecule has 1 fully saturated rings. The fourth-order valence-corrected chi connectivity index (χ4v) is 3.25. The number of anilines is 1. The second-order valence-corrected chi connectivity index (χ2v) is 6.48. The van der Waals surface area contributed by atoms with Crippen LogP contribution in [0.25, 0.3) is 0 Å². The Kier molecular flexibility index (Phi) is 6.56. The highest BCUT2D eigenvalue weighted by Crippen LogP contribution is 2.22. The smallest absolute Gasteiger partial charge is 0.225 e. The van der Waals surface area contributed by atoms with Gasteiger partial charge in [0.1, 0.15) is 0 Å². The second-order valence-electron chi connectivity index (χ2n) is 6.04. The molecule has 1 aromatic rings. The van der Waals surface area contributed by atoms with Crippen molar-refractivity contribution < 1.29 is 4.79 Å². The van der Waals surface area contributed by atoms with E-state index in [1.165, 1.54) is 0 Å². The van der Waals surface area contributed by atoms with Crippen LogP contribution in [-0.4, -0.2) is 37.0 Å². The van der Waals surface area contributed by atoms with Crippen molar-refractivity contribution in [1.29, 1.82) is 0 Å². The number of amides is 1. The Bertz CT molecular complexity index is 484. The van der Waals surface area contributed by atoms with Crippen LogP contribution in [0.15, 0.2) is 24.3 Å². The van der Waals surface area contributed by atoms with E-state index >= 15 is 0 Å². The molecule has 0 aromatic heterocycles. The van der Waals surface area contributed by atoms with E-state index in [0.717, 1.165) is 62.6 Å². The van der Waals surface area contributed by atoms with Gasteiger partial charge >= 0.3 is 0 Å². The van der Waals surface area contributed by atoms with Crippen LogP contribution < -0.4 is 4.90 Å². The van der Waals surface area contributed by atoms with E-state index in [9.17, 15) is 4.79 Å². The lowest BCUT2D eigenvalue weighted by atomic mass is 9.97. The molecule has 22 heavy (non-hydrogen) atoms. The fraction of sp³-hybridized carbons (Fsp3) is 0.611. The van der Waals surface area contributed by atoms with Crippen molar-refractivity contribution in [2.75, 3.05) is 31.1 Å². The van der Waals surface area contributed by atoms with Gasteiger partial charge in [0, 0.05) is 42.8 Å². The Morgan fingerprint density at radius 1 is 1.23 bits per heavy atom. The van der Waals surface area contributed by atoms with E-state index in [4.69, 9.17) is 11.6 Å². The van der Waals surface area contributed by atoms with Crippen LogP contribution in [0.4, 0.5) is 5.69 Å². The molecular weight excluding hydrogens is 296 g/mol. The SMILES string of the molecule is CCCC[C@@H](CC)C(=O)N1CCN(c2cccc(Cl)c2)CC1. The molecule has 1 aliphatic rings. The Hall–Kier alpha value is -1.22. The van der Waals surface area contributed by atoms with Gasteiger partial charge in [0.15, 0.2) is 0 Å². The molecule has 1 aliphatic heterocycles. The van der Waals surface area contributed by atoms with Crippen LogP contribution in [0.2, 0.25) is 5.02 Å². The maximum atomic E-state index is 12.6. The third kappa shape index (κ3) is 4.39. The van der Waals surface area contributed by atoms with Crippen molar-refractivity contribution in [2.24, 2.45) is 5.92 Å². The zero-order valence-electron chi connectivity index (χ0n) is 13.7. The van der Waals surface area contributed by atoms with Gasteiger partial charge in [0.25, 0.3) is 0 Å². The van der Waals surface area contributed by atoms with Gasteiger partial charge in [-0.25, -0.2) is 0 Å². The first-order chi connectivity index (χ1) is 10.7. The summed E-state index contributed by atoms with van der Waals surface area (Å²) in [7, 11) is 0. The molecule has 0 saturated carbocycles. The molecule has 0 unspecified atom stereocenters. The molecule has 0 N–H and O–H groups in total. The topological polar surface area (TPSA) is 23.6 Å². The predicted molar refractivity (Wildman–Crippen MR) is 93.6 cm³/mol. The first-order valence-electron chi connectivity index (χ1n) is 8.45. The van der Waals surface area contributed by atoms with E-state index in [2.05, 4.69) is 24.8 Å². The monoisotopic (exact) mass is 322 g/mol. The zero-order chi connectivity index (χ0) is 15.9. The Morgan fingerprint density at radius 3 is 2.55 bits per heavy atom. The van der Waals surface area contributed by atoms with Crippen LogP contribution in [0.3, 0.4) is 0 Å². The molecule has 4 heteroatoms. The summed E-state index contributed by atoms with van der Waals surface area (Å²) >= 11 is 6.06. The summed E-state index contributed by atoms with van der Waals surface area (Å²) in [6.45, 7) is 7.70. The van der Waals surface area contributed by atoms with Gasteiger partial charge in [0.05, 0.1) is 0 Å². The van der Waals surface area contributed by atoms with Crippen molar-refractivity contribution in [3.05, 3.63) is 29.3 Å². The third-order valence-corrected chi connectivity index (χ3v) is 4.75. The number of benzene rings is 1. The molecule has 1 atom stereocenters. The summed E-state index contributed by atoms with van der Waals surface area (Å²) in [4.78, 5) is 17.0. The standard InChI is InChI=1S/C18H27ClN2O/c1-3-5-7-15(4-2)18(22)21-12-10-20(11-13-21)17-9-6-8-16(19)14-17/h6,8-9,14-15H,3-5,7,10-13H2,1-2H3/t15-/m1/s1. The summed E-state index contributed by atoms with van der Waals surface area (Å²) in [5.41, 5.74) is 1.15. The number of hydrogen-bond donors (Lipinski definition) is 0. The van der Waals surface area contributed by atoms with Gasteiger partial charge in [-0.2, -0.15) is 0 Å². The fourth-order valence-electron chi connectivity index (χ4n) is 3.07. The average molecular weight is 323 g/mol. The molecule has 122 valence electrons. The molecule has 0 radical (unpaired) electrons. The van der Waals surface area contributed by atoms with Crippen LogP contribution >= 0.6 is 11.6 Å². The molecule has 0 bridgehead atoms. The van der Waals surface area contributed by atoms with Gasteiger partial charge in [-0.1, -0.05) is 44.4 Å². The largest absolute Gasteiger partial charge is 0.368 e. The van der Waals surface area contributed by atoms with E-state index in [1.54, 1.807) is 0 Å². The second kappa shape index (κ2) is 8.42. The Morgan fingerprint density at radius 2 is 1.95 bits per heavy atom. The van der Waals surface area contributed by atoms with Gasteiger partial charge in [-0.05, 0) is 31.0 Å². The Labute approximate surface area is 139 Å². The van der Waals surface area contributed by atoms with Crippen molar-refractivity contribution in [2.45, 2.75) is 39.5 Å². The summed E-state index contributed by atoms with van der Waals surface area (Å²) in [6, 6.07) is 7.95. The highest BCUT2D eigenvalue weighted by molar-refractivity contribution is 6.30. The molecule has 0 aliphatic carbocycles. The van der Waals surface area contributed by atoms with Crippen LogP contribution in [0.1, 0.15) is 39.5 Å². The molecular formula is C18H27ClN2O. The number of halogens is 1. The molecule has 1 heterocycles. The van der Waals surface area contributed by atoms with Crippen molar-refractivity contribution in [1.82, 2.24) is 4.90 Å². The van der Waals surface area contributed by atoms with Gasteiger partial charge in [-0.3, -0.25) is 4.79 Å². The minimum Gasteiger partial charge on any atom is -0.368 e. The van der Waals surface area contributed by atoms with Crippen LogP contribution in [0.5, 0.6) is 0 Å². The molecule has 1 saturated heterocycles. The highest BCUT2D eigenvalue weighted by Gasteiger charge is 2.26. The quantitative estimate of drug-likeness (QED) is 0.783. The molecule has 1 aromatic carbocycles. The van der Waals surface area contributed by atoms with Crippen molar-refractivity contribution in [3.63, 3.8) is 0 Å². The third-order valence-electron chi connectivity index (χ3n) is 4.51. The normalized spacial score (nSPS) is 16.7. The molecule has 3 nitrogen and oxygen atoms in total. The first kappa shape index (κ1) is 17.1. The number of piperazine rings is 1.